The lowest BCUT2D eigenvalue weighted by Crippen LogP contribution is -2.48. The molecule has 0 aromatic heterocycles. The van der Waals surface area contributed by atoms with Gasteiger partial charge < -0.3 is 15.5 Å². The lowest BCUT2D eigenvalue weighted by molar-refractivity contribution is -0.116. The summed E-state index contributed by atoms with van der Waals surface area (Å²) in [5.41, 5.74) is 4.00. The van der Waals surface area contributed by atoms with Crippen molar-refractivity contribution in [3.8, 4) is 0 Å². The van der Waals surface area contributed by atoms with Crippen LogP contribution in [0.25, 0.3) is 0 Å². The third-order valence-electron chi connectivity index (χ3n) is 6.67. The maximum Gasteiger partial charge on any atom is 0.260 e. The molecule has 0 aliphatic carbocycles. The molecule has 3 aromatic rings. The van der Waals surface area contributed by atoms with Crippen LogP contribution in [0.1, 0.15) is 65.1 Å². The van der Waals surface area contributed by atoms with Crippen molar-refractivity contribution in [2.75, 3.05) is 22.1 Å². The number of nitrogens with one attached hydrogen (secondary N) is 2. The van der Waals surface area contributed by atoms with Gasteiger partial charge in [-0.2, -0.15) is 0 Å². The van der Waals surface area contributed by atoms with E-state index in [1.165, 1.54) is 6.92 Å². The molecule has 8 heteroatoms. The molecule has 8 nitrogen and oxygen atoms in total. The molecule has 3 aromatic carbocycles. The molecule has 37 heavy (non-hydrogen) atoms. The minimum atomic E-state index is -0.449. The van der Waals surface area contributed by atoms with Crippen LogP contribution in [0, 0.1) is 0 Å². The number of hydrogen-bond acceptors (Lipinski definition) is 4. The number of para-hydroxylation sites is 1. The molecular formula is C29H28N4O4. The zero-order valence-electron chi connectivity index (χ0n) is 20.6. The van der Waals surface area contributed by atoms with E-state index in [1.807, 2.05) is 42.5 Å². The van der Waals surface area contributed by atoms with Crippen molar-refractivity contribution in [2.24, 2.45) is 0 Å². The first-order valence-corrected chi connectivity index (χ1v) is 12.4. The van der Waals surface area contributed by atoms with Gasteiger partial charge in [-0.05, 0) is 55.3 Å². The summed E-state index contributed by atoms with van der Waals surface area (Å²) in [5, 5.41) is 5.56. The average molecular weight is 497 g/mol. The van der Waals surface area contributed by atoms with E-state index in [4.69, 9.17) is 0 Å². The Morgan fingerprint density at radius 1 is 0.757 bits per heavy atom. The molecule has 2 aliphatic heterocycles. The van der Waals surface area contributed by atoms with E-state index in [9.17, 15) is 19.2 Å². The van der Waals surface area contributed by atoms with Crippen LogP contribution in [-0.2, 0) is 9.59 Å². The number of carbonyl (C=O) groups is 4. The molecule has 0 bridgehead atoms. The standard InChI is InChI=1S/C29H28N4O4/c1-19(34)30-20-14-16-21(17-15-20)31-26(35)13-3-2-8-18-32-27-22-9-4-5-10-23(22)29(37)33(27)25-12-7-6-11-24(25)28(32)36/h4-7,9-12,14-17,27H,2-3,8,13,18H2,1H3,(H,30,34)(H,31,35)/t27-/m0/s1. The Hall–Kier alpha value is -4.46. The third kappa shape index (κ3) is 4.82. The molecule has 188 valence electrons. The Morgan fingerprint density at radius 2 is 1.41 bits per heavy atom. The molecule has 0 saturated carbocycles. The summed E-state index contributed by atoms with van der Waals surface area (Å²) in [4.78, 5) is 53.7. The van der Waals surface area contributed by atoms with Crippen molar-refractivity contribution in [3.05, 3.63) is 89.5 Å². The molecular weight excluding hydrogens is 468 g/mol. The minimum Gasteiger partial charge on any atom is -0.326 e. The molecule has 2 aliphatic rings. The predicted molar refractivity (Wildman–Crippen MR) is 141 cm³/mol. The first kappa shape index (κ1) is 24.2. The molecule has 0 fully saturated rings. The second-order valence-electron chi connectivity index (χ2n) is 9.27. The Kier molecular flexibility index (Phi) is 6.72. The largest absolute Gasteiger partial charge is 0.326 e. The minimum absolute atomic E-state index is 0.0817. The fourth-order valence-corrected chi connectivity index (χ4v) is 5.01. The van der Waals surface area contributed by atoms with E-state index in [-0.39, 0.29) is 23.6 Å². The van der Waals surface area contributed by atoms with Crippen molar-refractivity contribution >= 4 is 40.7 Å². The summed E-state index contributed by atoms with van der Waals surface area (Å²) < 4.78 is 0. The molecule has 1 atom stereocenters. The normalized spacial score (nSPS) is 15.6. The van der Waals surface area contributed by atoms with Crippen LogP contribution < -0.4 is 15.5 Å². The van der Waals surface area contributed by atoms with Crippen LogP contribution in [-0.4, -0.2) is 35.1 Å². The number of amides is 4. The third-order valence-corrected chi connectivity index (χ3v) is 6.67. The van der Waals surface area contributed by atoms with Crippen molar-refractivity contribution < 1.29 is 19.2 Å². The fraction of sp³-hybridized carbons (Fsp3) is 0.241. The number of carbonyl (C=O) groups excluding carboxylic acids is 4. The predicted octanol–water partition coefficient (Wildman–Crippen LogP) is 4.96. The zero-order valence-corrected chi connectivity index (χ0v) is 20.6. The van der Waals surface area contributed by atoms with Gasteiger partial charge in [-0.1, -0.05) is 36.8 Å². The summed E-state index contributed by atoms with van der Waals surface area (Å²) >= 11 is 0. The summed E-state index contributed by atoms with van der Waals surface area (Å²) in [6, 6.07) is 21.7. The topological polar surface area (TPSA) is 98.8 Å². The van der Waals surface area contributed by atoms with E-state index >= 15 is 0 Å². The number of benzene rings is 3. The number of rotatable bonds is 8. The summed E-state index contributed by atoms with van der Waals surface area (Å²) in [7, 11) is 0. The van der Waals surface area contributed by atoms with E-state index in [0.29, 0.717) is 54.0 Å². The Balaban J connectivity index is 1.18. The molecule has 0 radical (unpaired) electrons. The van der Waals surface area contributed by atoms with Gasteiger partial charge in [0.2, 0.25) is 11.8 Å². The number of nitrogens with zero attached hydrogens (tertiary/aromatic N) is 2. The summed E-state index contributed by atoms with van der Waals surface area (Å²) in [6.07, 6.45) is 2.07. The van der Waals surface area contributed by atoms with E-state index in [2.05, 4.69) is 10.6 Å². The van der Waals surface area contributed by atoms with Crippen LogP contribution in [0.4, 0.5) is 17.1 Å². The quantitative estimate of drug-likeness (QED) is 0.431. The second kappa shape index (κ2) is 10.3. The van der Waals surface area contributed by atoms with Crippen LogP contribution in [0.3, 0.4) is 0 Å². The zero-order chi connectivity index (χ0) is 25.9. The first-order chi connectivity index (χ1) is 17.9. The monoisotopic (exact) mass is 496 g/mol. The second-order valence-corrected chi connectivity index (χ2v) is 9.27. The summed E-state index contributed by atoms with van der Waals surface area (Å²) in [6.45, 7) is 1.93. The van der Waals surface area contributed by atoms with Crippen LogP contribution in [0.2, 0.25) is 0 Å². The van der Waals surface area contributed by atoms with Crippen molar-refractivity contribution in [1.82, 2.24) is 4.90 Å². The molecule has 0 saturated heterocycles. The molecule has 2 heterocycles. The van der Waals surface area contributed by atoms with Gasteiger partial charge in [-0.3, -0.25) is 24.1 Å². The van der Waals surface area contributed by atoms with Gasteiger partial charge in [-0.15, -0.1) is 0 Å². The molecule has 5 rings (SSSR count). The molecule has 4 amide bonds. The Bertz CT molecular complexity index is 1370. The van der Waals surface area contributed by atoms with Crippen molar-refractivity contribution in [2.45, 2.75) is 38.8 Å². The SMILES string of the molecule is CC(=O)Nc1ccc(NC(=O)CCCCCN2C(=O)c3ccccc3N3C(=O)c4ccccc4[C@@H]23)cc1. The fourth-order valence-electron chi connectivity index (χ4n) is 5.01. The van der Waals surface area contributed by atoms with Gasteiger partial charge in [0.15, 0.2) is 0 Å². The van der Waals surface area contributed by atoms with Gasteiger partial charge in [0, 0.05) is 42.4 Å². The summed E-state index contributed by atoms with van der Waals surface area (Å²) in [5.74, 6) is -0.408. The smallest absolute Gasteiger partial charge is 0.260 e. The van der Waals surface area contributed by atoms with Crippen molar-refractivity contribution in [1.29, 1.82) is 0 Å². The highest BCUT2D eigenvalue weighted by Gasteiger charge is 2.47. The van der Waals surface area contributed by atoms with Crippen molar-refractivity contribution in [3.63, 3.8) is 0 Å². The van der Waals surface area contributed by atoms with E-state index in [0.717, 1.165) is 12.0 Å². The van der Waals surface area contributed by atoms with Gasteiger partial charge in [0.25, 0.3) is 11.8 Å². The van der Waals surface area contributed by atoms with Crippen LogP contribution in [0.15, 0.2) is 72.8 Å². The molecule has 2 N–H and O–H groups in total. The van der Waals surface area contributed by atoms with Gasteiger partial charge in [0.05, 0.1) is 11.3 Å². The highest BCUT2D eigenvalue weighted by Crippen LogP contribution is 2.45. The first-order valence-electron chi connectivity index (χ1n) is 12.4. The van der Waals surface area contributed by atoms with E-state index < -0.39 is 6.17 Å². The van der Waals surface area contributed by atoms with Crippen LogP contribution in [0.5, 0.6) is 0 Å². The maximum absolute atomic E-state index is 13.4. The number of fused-ring (bicyclic) bond motifs is 5. The molecule has 0 spiro atoms. The Morgan fingerprint density at radius 3 is 2.14 bits per heavy atom. The highest BCUT2D eigenvalue weighted by atomic mass is 16.2. The highest BCUT2D eigenvalue weighted by molar-refractivity contribution is 6.16. The van der Waals surface area contributed by atoms with Gasteiger partial charge >= 0.3 is 0 Å². The average Bonchev–Trinajstić information content (AvgIpc) is 3.19. The van der Waals surface area contributed by atoms with E-state index in [1.54, 1.807) is 40.1 Å². The number of hydrogen-bond donors (Lipinski definition) is 2. The Labute approximate surface area is 215 Å². The molecule has 0 unspecified atom stereocenters. The number of unbranched alkanes of at least 4 members (excludes halogenated alkanes) is 2. The van der Waals surface area contributed by atoms with Gasteiger partial charge in [-0.25, -0.2) is 0 Å². The maximum atomic E-state index is 13.4. The lowest BCUT2D eigenvalue weighted by atomic mass is 10.0. The van der Waals surface area contributed by atoms with Crippen LogP contribution >= 0.6 is 0 Å². The lowest BCUT2D eigenvalue weighted by Gasteiger charge is -2.41. The number of anilines is 3. The van der Waals surface area contributed by atoms with Gasteiger partial charge in [0.1, 0.15) is 6.17 Å².